The first-order valence-electron chi connectivity index (χ1n) is 7.65. The van der Waals surface area contributed by atoms with E-state index in [-0.39, 0.29) is 0 Å². The summed E-state index contributed by atoms with van der Waals surface area (Å²) in [5.74, 6) is 1.62. The van der Waals surface area contributed by atoms with E-state index in [2.05, 4.69) is 37.6 Å². The van der Waals surface area contributed by atoms with Gasteiger partial charge in [0.15, 0.2) is 0 Å². The quantitative estimate of drug-likeness (QED) is 0.373. The van der Waals surface area contributed by atoms with E-state index in [0.29, 0.717) is 0 Å². The lowest BCUT2D eigenvalue weighted by Gasteiger charge is -2.12. The SMILES string of the molecule is C=C(CCNCCCC)OC(=C)CCNCCCC. The second-order valence-electron chi connectivity index (χ2n) is 4.89. The molecule has 0 fully saturated rings. The molecule has 0 aromatic carbocycles. The van der Waals surface area contributed by atoms with Crippen LogP contribution >= 0.6 is 0 Å². The minimum absolute atomic E-state index is 0.808. The topological polar surface area (TPSA) is 33.3 Å². The summed E-state index contributed by atoms with van der Waals surface area (Å²) in [4.78, 5) is 0. The van der Waals surface area contributed by atoms with Gasteiger partial charge in [-0.25, -0.2) is 0 Å². The van der Waals surface area contributed by atoms with E-state index in [1.807, 2.05) is 0 Å². The zero-order chi connectivity index (χ0) is 14.3. The van der Waals surface area contributed by atoms with Crippen LogP contribution in [0.2, 0.25) is 0 Å². The molecule has 0 aliphatic carbocycles. The Bertz CT molecular complexity index is 215. The summed E-state index contributed by atoms with van der Waals surface area (Å²) in [5.41, 5.74) is 0. The zero-order valence-electron chi connectivity index (χ0n) is 12.9. The van der Waals surface area contributed by atoms with Crippen molar-refractivity contribution in [2.75, 3.05) is 26.2 Å². The Labute approximate surface area is 119 Å². The smallest absolute Gasteiger partial charge is 0.0976 e. The number of hydrogen-bond acceptors (Lipinski definition) is 3. The first-order valence-corrected chi connectivity index (χ1v) is 7.65. The Morgan fingerprint density at radius 1 is 0.789 bits per heavy atom. The highest BCUT2D eigenvalue weighted by Crippen LogP contribution is 2.08. The third kappa shape index (κ3) is 13.4. The third-order valence-corrected chi connectivity index (χ3v) is 2.86. The van der Waals surface area contributed by atoms with Crippen LogP contribution in [0, 0.1) is 0 Å². The third-order valence-electron chi connectivity index (χ3n) is 2.86. The van der Waals surface area contributed by atoms with Gasteiger partial charge in [0.25, 0.3) is 0 Å². The van der Waals surface area contributed by atoms with Gasteiger partial charge in [-0.05, 0) is 25.9 Å². The molecule has 0 saturated heterocycles. The molecule has 0 radical (unpaired) electrons. The van der Waals surface area contributed by atoms with E-state index in [9.17, 15) is 0 Å². The van der Waals surface area contributed by atoms with Crippen molar-refractivity contribution >= 4 is 0 Å². The largest absolute Gasteiger partial charge is 0.467 e. The van der Waals surface area contributed by atoms with Gasteiger partial charge in [-0.1, -0.05) is 39.8 Å². The standard InChI is InChI=1S/C16H32N2O/c1-5-7-11-17-13-9-15(3)19-16(4)10-14-18-12-8-6-2/h17-18H,3-14H2,1-2H3. The van der Waals surface area contributed by atoms with Crippen LogP contribution in [-0.4, -0.2) is 26.2 Å². The van der Waals surface area contributed by atoms with E-state index in [1.165, 1.54) is 25.7 Å². The maximum absolute atomic E-state index is 5.59. The average Bonchev–Trinajstić information content (AvgIpc) is 2.38. The van der Waals surface area contributed by atoms with Gasteiger partial charge >= 0.3 is 0 Å². The van der Waals surface area contributed by atoms with Crippen molar-refractivity contribution in [2.24, 2.45) is 0 Å². The highest BCUT2D eigenvalue weighted by molar-refractivity contribution is 4.94. The summed E-state index contributed by atoms with van der Waals surface area (Å²) < 4.78 is 5.59. The summed E-state index contributed by atoms with van der Waals surface area (Å²) in [6.07, 6.45) is 6.61. The molecule has 0 rings (SSSR count). The molecule has 3 heteroatoms. The summed E-state index contributed by atoms with van der Waals surface area (Å²) >= 11 is 0. The summed E-state index contributed by atoms with van der Waals surface area (Å²) in [5, 5.41) is 6.75. The second kappa shape index (κ2) is 13.6. The van der Waals surface area contributed by atoms with Gasteiger partial charge in [0.1, 0.15) is 0 Å². The predicted octanol–water partition coefficient (Wildman–Crippen LogP) is 3.59. The van der Waals surface area contributed by atoms with E-state index in [1.54, 1.807) is 0 Å². The number of unbranched alkanes of at least 4 members (excludes halogenated alkanes) is 2. The molecule has 3 nitrogen and oxygen atoms in total. The molecule has 0 aromatic heterocycles. The predicted molar refractivity (Wildman–Crippen MR) is 84.2 cm³/mol. The molecule has 0 amide bonds. The number of ether oxygens (including phenoxy) is 1. The Morgan fingerprint density at radius 3 is 1.58 bits per heavy atom. The molecular formula is C16H32N2O. The minimum Gasteiger partial charge on any atom is -0.467 e. The molecular weight excluding hydrogens is 236 g/mol. The first-order chi connectivity index (χ1) is 9.20. The lowest BCUT2D eigenvalue weighted by atomic mass is 10.3. The Balaban J connectivity index is 3.40. The van der Waals surface area contributed by atoms with Gasteiger partial charge in [-0.3, -0.25) is 0 Å². The number of hydrogen-bond donors (Lipinski definition) is 2. The molecule has 2 N–H and O–H groups in total. The minimum atomic E-state index is 0.808. The zero-order valence-corrected chi connectivity index (χ0v) is 12.9. The van der Waals surface area contributed by atoms with E-state index in [0.717, 1.165) is 50.5 Å². The van der Waals surface area contributed by atoms with Gasteiger partial charge in [0, 0.05) is 25.9 Å². The van der Waals surface area contributed by atoms with Crippen LogP contribution in [0.1, 0.15) is 52.4 Å². The van der Waals surface area contributed by atoms with Crippen LogP contribution in [0.25, 0.3) is 0 Å². The summed E-state index contributed by atoms with van der Waals surface area (Å²) in [6, 6.07) is 0. The molecule has 0 saturated carbocycles. The first kappa shape index (κ1) is 18.2. The van der Waals surface area contributed by atoms with Crippen LogP contribution in [-0.2, 0) is 4.74 Å². The highest BCUT2D eigenvalue weighted by Gasteiger charge is 2.00. The van der Waals surface area contributed by atoms with Crippen LogP contribution in [0.3, 0.4) is 0 Å². The highest BCUT2D eigenvalue weighted by atomic mass is 16.5. The van der Waals surface area contributed by atoms with Crippen molar-refractivity contribution in [1.29, 1.82) is 0 Å². The van der Waals surface area contributed by atoms with Crippen molar-refractivity contribution in [2.45, 2.75) is 52.4 Å². The molecule has 112 valence electrons. The molecule has 0 spiro atoms. The van der Waals surface area contributed by atoms with Gasteiger partial charge in [0.05, 0.1) is 11.5 Å². The number of nitrogens with one attached hydrogen (secondary N) is 2. The molecule has 0 heterocycles. The molecule has 0 aliphatic rings. The molecule has 0 atom stereocenters. The summed E-state index contributed by atoms with van der Waals surface area (Å²) in [6.45, 7) is 16.3. The van der Waals surface area contributed by atoms with Gasteiger partial charge in [-0.2, -0.15) is 0 Å². The molecule has 0 bridgehead atoms. The van der Waals surface area contributed by atoms with Crippen molar-refractivity contribution in [3.8, 4) is 0 Å². The fourth-order valence-corrected chi connectivity index (χ4v) is 1.62. The molecule has 0 unspecified atom stereocenters. The van der Waals surface area contributed by atoms with Crippen LogP contribution in [0.4, 0.5) is 0 Å². The van der Waals surface area contributed by atoms with E-state index in [4.69, 9.17) is 4.74 Å². The Hall–Kier alpha value is -0.800. The van der Waals surface area contributed by atoms with E-state index >= 15 is 0 Å². The van der Waals surface area contributed by atoms with Crippen molar-refractivity contribution in [1.82, 2.24) is 10.6 Å². The molecule has 0 aliphatic heterocycles. The van der Waals surface area contributed by atoms with Crippen molar-refractivity contribution in [3.05, 3.63) is 24.7 Å². The van der Waals surface area contributed by atoms with E-state index < -0.39 is 0 Å². The van der Waals surface area contributed by atoms with Gasteiger partial charge in [0.2, 0.25) is 0 Å². The summed E-state index contributed by atoms with van der Waals surface area (Å²) in [7, 11) is 0. The van der Waals surface area contributed by atoms with Crippen molar-refractivity contribution < 1.29 is 4.74 Å². The van der Waals surface area contributed by atoms with Crippen LogP contribution in [0.15, 0.2) is 24.7 Å². The molecule has 19 heavy (non-hydrogen) atoms. The van der Waals surface area contributed by atoms with Gasteiger partial charge < -0.3 is 15.4 Å². The van der Waals surface area contributed by atoms with Gasteiger partial charge in [-0.15, -0.1) is 0 Å². The van der Waals surface area contributed by atoms with Crippen molar-refractivity contribution in [3.63, 3.8) is 0 Å². The van der Waals surface area contributed by atoms with Crippen LogP contribution in [0.5, 0.6) is 0 Å². The maximum Gasteiger partial charge on any atom is 0.0976 e. The number of rotatable bonds is 14. The average molecular weight is 268 g/mol. The van der Waals surface area contributed by atoms with Crippen LogP contribution < -0.4 is 10.6 Å². The fraction of sp³-hybridized carbons (Fsp3) is 0.750. The normalized spacial score (nSPS) is 10.4. The fourth-order valence-electron chi connectivity index (χ4n) is 1.62. The Kier molecular flexibility index (Phi) is 13.1. The molecule has 0 aromatic rings. The Morgan fingerprint density at radius 2 is 1.21 bits per heavy atom. The maximum atomic E-state index is 5.59. The lowest BCUT2D eigenvalue weighted by Crippen LogP contribution is -2.18. The monoisotopic (exact) mass is 268 g/mol. The second-order valence-corrected chi connectivity index (χ2v) is 4.89. The lowest BCUT2D eigenvalue weighted by molar-refractivity contribution is 0.278.